The van der Waals surface area contributed by atoms with Crippen molar-refractivity contribution in [2.45, 2.75) is 6.54 Å². The first-order chi connectivity index (χ1) is 14.6. The summed E-state index contributed by atoms with van der Waals surface area (Å²) in [5.41, 5.74) is 9.09. The molecule has 4 rings (SSSR count). The number of nitrogens with zero attached hydrogens (tertiary/aromatic N) is 1. The summed E-state index contributed by atoms with van der Waals surface area (Å²) < 4.78 is 7.49. The second-order valence-corrected chi connectivity index (χ2v) is 7.01. The summed E-state index contributed by atoms with van der Waals surface area (Å²) in [5, 5.41) is 12.3. The molecule has 0 aliphatic rings. The average molecular weight is 399 g/mol. The molecular formula is C25H23N2O3+. The SMILES string of the molecule is COc1ccc2c(ccc(/C=C/c3cccc4cccc(C(=O)O)c34)[n+]2CCN)c1. The topological polar surface area (TPSA) is 76.4 Å². The van der Waals surface area contributed by atoms with Gasteiger partial charge in [-0.3, -0.25) is 0 Å². The largest absolute Gasteiger partial charge is 0.497 e. The number of nitrogens with two attached hydrogens (primary N) is 1. The normalized spacial score (nSPS) is 11.4. The molecule has 0 saturated carbocycles. The smallest absolute Gasteiger partial charge is 0.336 e. The highest BCUT2D eigenvalue weighted by Gasteiger charge is 2.15. The molecule has 0 radical (unpaired) electrons. The minimum atomic E-state index is -0.931. The molecule has 0 fully saturated rings. The maximum atomic E-state index is 11.7. The molecule has 4 aromatic rings. The first kappa shape index (κ1) is 19.6. The van der Waals surface area contributed by atoms with E-state index in [1.54, 1.807) is 19.2 Å². The van der Waals surface area contributed by atoms with Crippen LogP contribution >= 0.6 is 0 Å². The number of hydrogen-bond acceptors (Lipinski definition) is 3. The van der Waals surface area contributed by atoms with E-state index in [1.165, 1.54) is 0 Å². The number of pyridine rings is 1. The van der Waals surface area contributed by atoms with Gasteiger partial charge < -0.3 is 15.6 Å². The van der Waals surface area contributed by atoms with Crippen molar-refractivity contribution in [1.82, 2.24) is 0 Å². The second-order valence-electron chi connectivity index (χ2n) is 7.01. The van der Waals surface area contributed by atoms with Gasteiger partial charge in [0, 0.05) is 23.6 Å². The van der Waals surface area contributed by atoms with Crippen molar-refractivity contribution < 1.29 is 19.2 Å². The van der Waals surface area contributed by atoms with Gasteiger partial charge in [0.15, 0.2) is 6.54 Å². The lowest BCUT2D eigenvalue weighted by atomic mass is 9.98. The Hall–Kier alpha value is -3.70. The summed E-state index contributed by atoms with van der Waals surface area (Å²) in [7, 11) is 1.65. The van der Waals surface area contributed by atoms with Crippen LogP contribution in [0.3, 0.4) is 0 Å². The number of fused-ring (bicyclic) bond motifs is 2. The van der Waals surface area contributed by atoms with Gasteiger partial charge in [0.25, 0.3) is 0 Å². The van der Waals surface area contributed by atoms with E-state index < -0.39 is 5.97 Å². The fraction of sp³-hybridized carbons (Fsp3) is 0.120. The molecule has 5 heteroatoms. The van der Waals surface area contributed by atoms with E-state index >= 15 is 0 Å². The Bertz CT molecular complexity index is 1270. The van der Waals surface area contributed by atoms with Crippen molar-refractivity contribution in [1.29, 1.82) is 0 Å². The third-order valence-electron chi connectivity index (χ3n) is 5.22. The molecule has 3 aromatic carbocycles. The Morgan fingerprint density at radius 2 is 1.83 bits per heavy atom. The number of benzene rings is 3. The number of carbonyl (C=O) groups is 1. The van der Waals surface area contributed by atoms with Crippen LogP contribution in [0.15, 0.2) is 66.7 Å². The molecule has 0 aliphatic heterocycles. The van der Waals surface area contributed by atoms with Crippen molar-refractivity contribution in [2.24, 2.45) is 5.73 Å². The molecule has 1 heterocycles. The Labute approximate surface area is 174 Å². The molecule has 0 spiro atoms. The van der Waals surface area contributed by atoms with Crippen molar-refractivity contribution in [3.63, 3.8) is 0 Å². The second kappa shape index (κ2) is 8.35. The van der Waals surface area contributed by atoms with Gasteiger partial charge in [-0.1, -0.05) is 30.3 Å². The number of carboxylic acids is 1. The zero-order valence-electron chi connectivity index (χ0n) is 16.7. The van der Waals surface area contributed by atoms with Crippen molar-refractivity contribution in [3.8, 4) is 5.75 Å². The predicted molar refractivity (Wildman–Crippen MR) is 120 cm³/mol. The predicted octanol–water partition coefficient (Wildman–Crippen LogP) is 4.12. The Kier molecular flexibility index (Phi) is 5.46. The molecule has 150 valence electrons. The van der Waals surface area contributed by atoms with E-state index in [2.05, 4.69) is 10.6 Å². The fourth-order valence-corrected chi connectivity index (χ4v) is 3.83. The van der Waals surface area contributed by atoms with Gasteiger partial charge in [-0.05, 0) is 41.3 Å². The molecule has 1 aromatic heterocycles. The number of rotatable bonds is 6. The molecule has 0 unspecified atom stereocenters. The first-order valence-electron chi connectivity index (χ1n) is 9.76. The lowest BCUT2D eigenvalue weighted by molar-refractivity contribution is -0.670. The van der Waals surface area contributed by atoms with Gasteiger partial charge in [-0.25, -0.2) is 4.79 Å². The highest BCUT2D eigenvalue weighted by molar-refractivity contribution is 6.07. The van der Waals surface area contributed by atoms with E-state index in [0.717, 1.165) is 38.7 Å². The molecule has 0 saturated heterocycles. The van der Waals surface area contributed by atoms with Crippen LogP contribution in [0, 0.1) is 0 Å². The molecule has 5 nitrogen and oxygen atoms in total. The van der Waals surface area contributed by atoms with Gasteiger partial charge in [0.2, 0.25) is 11.2 Å². The van der Waals surface area contributed by atoms with E-state index in [-0.39, 0.29) is 0 Å². The zero-order valence-corrected chi connectivity index (χ0v) is 16.7. The molecule has 0 atom stereocenters. The molecule has 30 heavy (non-hydrogen) atoms. The first-order valence-corrected chi connectivity index (χ1v) is 9.76. The Balaban J connectivity index is 1.85. The monoisotopic (exact) mass is 399 g/mol. The summed E-state index contributed by atoms with van der Waals surface area (Å²) in [6, 6.07) is 21.2. The fourth-order valence-electron chi connectivity index (χ4n) is 3.83. The Morgan fingerprint density at radius 3 is 2.57 bits per heavy atom. The lowest BCUT2D eigenvalue weighted by Crippen LogP contribution is -2.41. The van der Waals surface area contributed by atoms with Crippen molar-refractivity contribution in [2.75, 3.05) is 13.7 Å². The summed E-state index contributed by atoms with van der Waals surface area (Å²) in [4.78, 5) is 11.7. The summed E-state index contributed by atoms with van der Waals surface area (Å²) in [6.07, 6.45) is 3.97. The van der Waals surface area contributed by atoms with Crippen molar-refractivity contribution in [3.05, 3.63) is 83.6 Å². The highest BCUT2D eigenvalue weighted by atomic mass is 16.5. The minimum Gasteiger partial charge on any atom is -0.497 e. The number of hydrogen-bond donors (Lipinski definition) is 2. The van der Waals surface area contributed by atoms with Gasteiger partial charge in [-0.15, -0.1) is 0 Å². The zero-order chi connectivity index (χ0) is 21.1. The Morgan fingerprint density at radius 1 is 1.03 bits per heavy atom. The number of methoxy groups -OCH3 is 1. The minimum absolute atomic E-state index is 0.299. The third kappa shape index (κ3) is 3.63. The molecule has 0 bridgehead atoms. The third-order valence-corrected chi connectivity index (χ3v) is 5.22. The van der Waals surface area contributed by atoms with Gasteiger partial charge in [-0.2, -0.15) is 4.57 Å². The van der Waals surface area contributed by atoms with E-state index in [4.69, 9.17) is 10.5 Å². The number of aromatic carboxylic acids is 1. The molecule has 0 amide bonds. The van der Waals surface area contributed by atoms with E-state index in [0.29, 0.717) is 18.7 Å². The summed E-state index contributed by atoms with van der Waals surface area (Å²) >= 11 is 0. The average Bonchev–Trinajstić information content (AvgIpc) is 2.77. The maximum absolute atomic E-state index is 11.7. The van der Waals surface area contributed by atoms with Crippen LogP contribution in [0.5, 0.6) is 5.75 Å². The molecular weight excluding hydrogens is 376 g/mol. The number of aromatic nitrogens is 1. The number of ether oxygens (including phenoxy) is 1. The van der Waals surface area contributed by atoms with E-state index in [9.17, 15) is 9.90 Å². The van der Waals surface area contributed by atoms with Gasteiger partial charge in [0.1, 0.15) is 5.75 Å². The molecule has 0 aliphatic carbocycles. The van der Waals surface area contributed by atoms with Crippen molar-refractivity contribution >= 4 is 39.8 Å². The van der Waals surface area contributed by atoms with Gasteiger partial charge in [0.05, 0.1) is 24.6 Å². The van der Waals surface area contributed by atoms with Crippen LogP contribution in [0.1, 0.15) is 21.6 Å². The lowest BCUT2D eigenvalue weighted by Gasteiger charge is -2.07. The van der Waals surface area contributed by atoms with Gasteiger partial charge >= 0.3 is 5.97 Å². The summed E-state index contributed by atoms with van der Waals surface area (Å²) in [6.45, 7) is 1.17. The quantitative estimate of drug-likeness (QED) is 0.478. The van der Waals surface area contributed by atoms with Crippen LogP contribution in [0.2, 0.25) is 0 Å². The van der Waals surface area contributed by atoms with Crippen LogP contribution in [0.25, 0.3) is 33.8 Å². The van der Waals surface area contributed by atoms with Crippen LogP contribution in [-0.2, 0) is 6.54 Å². The van der Waals surface area contributed by atoms with E-state index in [1.807, 2.05) is 60.7 Å². The summed E-state index contributed by atoms with van der Waals surface area (Å²) in [5.74, 6) is -0.124. The standard InChI is InChI=1S/C25H22N2O3/c1-30-21-12-13-23-19(16-21)9-11-20(27(23)15-14-26)10-8-18-5-2-4-17-6-3-7-22(24(17)18)25(28)29/h2-13,16H,14-15,26H2,1H3/p+1/b10-8+. The number of carboxylic acid groups (broad SMARTS) is 1. The van der Waals surface area contributed by atoms with Crippen LogP contribution in [0.4, 0.5) is 0 Å². The highest BCUT2D eigenvalue weighted by Crippen LogP contribution is 2.25. The van der Waals surface area contributed by atoms with Crippen LogP contribution < -0.4 is 15.0 Å². The molecule has 3 N–H and O–H groups in total. The van der Waals surface area contributed by atoms with Crippen LogP contribution in [-0.4, -0.2) is 24.7 Å². The maximum Gasteiger partial charge on any atom is 0.336 e.